The number of anilines is 1. The Kier molecular flexibility index (Phi) is 4.53. The molecule has 5 heteroatoms. The second-order valence-corrected chi connectivity index (χ2v) is 5.34. The molecule has 1 aromatic heterocycles. The maximum atomic E-state index is 11.5. The van der Waals surface area contributed by atoms with Crippen molar-refractivity contribution in [2.45, 2.75) is 13.8 Å². The number of hydrogen-bond acceptors (Lipinski definition) is 4. The first-order chi connectivity index (χ1) is 9.63. The molecule has 0 unspecified atom stereocenters. The van der Waals surface area contributed by atoms with Gasteiger partial charge in [-0.15, -0.1) is 11.3 Å². The van der Waals surface area contributed by atoms with Crippen molar-refractivity contribution in [2.24, 2.45) is 0 Å². The molecule has 20 heavy (non-hydrogen) atoms. The number of allylic oxidation sites excluding steroid dienone is 1. The third-order valence-corrected chi connectivity index (χ3v) is 3.59. The van der Waals surface area contributed by atoms with Gasteiger partial charge < -0.3 is 4.74 Å². The fraction of sp³-hybridized carbons (Fsp3) is 0.200. The molecule has 1 aromatic carbocycles. The van der Waals surface area contributed by atoms with Gasteiger partial charge in [-0.2, -0.15) is 0 Å². The van der Waals surface area contributed by atoms with E-state index in [2.05, 4.69) is 10.3 Å². The number of hydrogen-bond donors (Lipinski definition) is 1. The third-order valence-electron chi connectivity index (χ3n) is 2.71. The van der Waals surface area contributed by atoms with Crippen molar-refractivity contribution in [1.29, 1.82) is 0 Å². The van der Waals surface area contributed by atoms with E-state index in [0.29, 0.717) is 5.13 Å². The second-order valence-electron chi connectivity index (χ2n) is 4.14. The molecular formula is C15H16N2O2S. The number of thiazole rings is 1. The molecule has 1 heterocycles. The minimum absolute atomic E-state index is 0.164. The number of benzene rings is 1. The first-order valence-corrected chi connectivity index (χ1v) is 7.01. The second kappa shape index (κ2) is 6.34. The van der Waals surface area contributed by atoms with Crippen LogP contribution in [0, 0.1) is 6.92 Å². The van der Waals surface area contributed by atoms with Crippen LogP contribution in [0.4, 0.5) is 5.13 Å². The van der Waals surface area contributed by atoms with E-state index in [1.807, 2.05) is 31.2 Å². The van der Waals surface area contributed by atoms with E-state index >= 15 is 0 Å². The van der Waals surface area contributed by atoms with Crippen molar-refractivity contribution in [1.82, 2.24) is 4.98 Å². The summed E-state index contributed by atoms with van der Waals surface area (Å²) in [4.78, 5) is 17.0. The van der Waals surface area contributed by atoms with Gasteiger partial charge in [-0.25, -0.2) is 4.98 Å². The maximum absolute atomic E-state index is 11.5. The average Bonchev–Trinajstić information content (AvgIpc) is 2.80. The van der Waals surface area contributed by atoms with E-state index in [0.717, 1.165) is 21.9 Å². The Morgan fingerprint density at radius 1 is 1.35 bits per heavy atom. The summed E-state index contributed by atoms with van der Waals surface area (Å²) in [5, 5.41) is 3.36. The van der Waals surface area contributed by atoms with Crippen molar-refractivity contribution in [3.05, 3.63) is 41.3 Å². The van der Waals surface area contributed by atoms with Crippen molar-refractivity contribution >= 4 is 22.4 Å². The third kappa shape index (κ3) is 3.24. The van der Waals surface area contributed by atoms with Gasteiger partial charge in [0, 0.05) is 10.4 Å². The van der Waals surface area contributed by atoms with Gasteiger partial charge in [-0.05, 0) is 44.2 Å². The van der Waals surface area contributed by atoms with Gasteiger partial charge in [0.2, 0.25) is 5.91 Å². The average molecular weight is 288 g/mol. The first-order valence-electron chi connectivity index (χ1n) is 6.19. The largest absolute Gasteiger partial charge is 0.497 e. The Hall–Kier alpha value is -2.14. The van der Waals surface area contributed by atoms with Crippen LogP contribution in [-0.2, 0) is 4.79 Å². The Morgan fingerprint density at radius 3 is 2.65 bits per heavy atom. The summed E-state index contributed by atoms with van der Waals surface area (Å²) < 4.78 is 5.14. The number of aryl methyl sites for hydroxylation is 1. The van der Waals surface area contributed by atoms with Crippen LogP contribution in [0.15, 0.2) is 36.4 Å². The van der Waals surface area contributed by atoms with E-state index in [1.165, 1.54) is 17.4 Å². The Labute approximate surface area is 122 Å². The number of amides is 1. The van der Waals surface area contributed by atoms with Gasteiger partial charge in [0.25, 0.3) is 0 Å². The smallest absolute Gasteiger partial charge is 0.249 e. The van der Waals surface area contributed by atoms with Crippen molar-refractivity contribution < 1.29 is 9.53 Å². The molecule has 1 N–H and O–H groups in total. The highest BCUT2D eigenvalue weighted by Crippen LogP contribution is 2.31. The molecule has 2 aromatic rings. The van der Waals surface area contributed by atoms with Gasteiger partial charge in [0.05, 0.1) is 12.8 Å². The lowest BCUT2D eigenvalue weighted by Gasteiger charge is -2.01. The van der Waals surface area contributed by atoms with Crippen LogP contribution in [0.3, 0.4) is 0 Å². The molecule has 4 nitrogen and oxygen atoms in total. The van der Waals surface area contributed by atoms with Crippen LogP contribution in [0.5, 0.6) is 5.75 Å². The van der Waals surface area contributed by atoms with Crippen LogP contribution >= 0.6 is 11.3 Å². The highest BCUT2D eigenvalue weighted by molar-refractivity contribution is 7.16. The molecule has 0 radical (unpaired) electrons. The van der Waals surface area contributed by atoms with Gasteiger partial charge in [-0.1, -0.05) is 6.08 Å². The van der Waals surface area contributed by atoms with E-state index in [4.69, 9.17) is 4.74 Å². The number of nitrogens with one attached hydrogen (secondary N) is 1. The van der Waals surface area contributed by atoms with E-state index < -0.39 is 0 Å². The number of carbonyl (C=O) groups excluding carboxylic acids is 1. The number of carbonyl (C=O) groups is 1. The van der Waals surface area contributed by atoms with Crippen LogP contribution in [0.1, 0.15) is 11.8 Å². The summed E-state index contributed by atoms with van der Waals surface area (Å²) in [6.45, 7) is 3.79. The first kappa shape index (κ1) is 14.3. The number of methoxy groups -OCH3 is 1. The van der Waals surface area contributed by atoms with Crippen LogP contribution in [0.25, 0.3) is 11.3 Å². The monoisotopic (exact) mass is 288 g/mol. The molecule has 0 aliphatic carbocycles. The predicted octanol–water partition coefficient (Wildman–Crippen LogP) is 3.64. The van der Waals surface area contributed by atoms with Gasteiger partial charge in [0.1, 0.15) is 5.75 Å². The molecule has 0 atom stereocenters. The summed E-state index contributed by atoms with van der Waals surface area (Å²) >= 11 is 1.47. The summed E-state index contributed by atoms with van der Waals surface area (Å²) in [7, 11) is 1.64. The molecular weight excluding hydrogens is 272 g/mol. The fourth-order valence-corrected chi connectivity index (χ4v) is 2.60. The number of aromatic nitrogens is 1. The lowest BCUT2D eigenvalue weighted by Crippen LogP contribution is -2.07. The Balaban J connectivity index is 2.24. The lowest BCUT2D eigenvalue weighted by atomic mass is 10.1. The van der Waals surface area contributed by atoms with Gasteiger partial charge in [0.15, 0.2) is 5.13 Å². The SMILES string of the molecule is C/C=C/C(=O)Nc1nc(-c2ccc(OC)cc2)c(C)s1. The van der Waals surface area contributed by atoms with Gasteiger partial charge in [-0.3, -0.25) is 10.1 Å². The predicted molar refractivity (Wildman–Crippen MR) is 82.3 cm³/mol. The topological polar surface area (TPSA) is 51.2 Å². The van der Waals surface area contributed by atoms with E-state index in [-0.39, 0.29) is 5.91 Å². The molecule has 2 rings (SSSR count). The summed E-state index contributed by atoms with van der Waals surface area (Å²) in [6.07, 6.45) is 3.17. The summed E-state index contributed by atoms with van der Waals surface area (Å²) in [6, 6.07) is 7.70. The van der Waals surface area contributed by atoms with Crippen LogP contribution < -0.4 is 10.1 Å². The highest BCUT2D eigenvalue weighted by atomic mass is 32.1. The normalized spacial score (nSPS) is 10.8. The molecule has 0 saturated heterocycles. The van der Waals surface area contributed by atoms with Crippen molar-refractivity contribution in [3.63, 3.8) is 0 Å². The van der Waals surface area contributed by atoms with Crippen LogP contribution in [-0.4, -0.2) is 18.0 Å². The minimum Gasteiger partial charge on any atom is -0.497 e. The number of nitrogens with zero attached hydrogens (tertiary/aromatic N) is 1. The number of ether oxygens (including phenoxy) is 1. The Bertz CT molecular complexity index is 630. The lowest BCUT2D eigenvalue weighted by molar-refractivity contribution is -0.111. The maximum Gasteiger partial charge on any atom is 0.249 e. The number of rotatable bonds is 4. The van der Waals surface area contributed by atoms with Crippen LogP contribution in [0.2, 0.25) is 0 Å². The molecule has 0 spiro atoms. The molecule has 0 aliphatic heterocycles. The summed E-state index contributed by atoms with van der Waals surface area (Å²) in [5.41, 5.74) is 1.89. The summed E-state index contributed by atoms with van der Waals surface area (Å²) in [5.74, 6) is 0.644. The minimum atomic E-state index is -0.164. The molecule has 0 fully saturated rings. The molecule has 0 aliphatic rings. The quantitative estimate of drug-likeness (QED) is 0.874. The van der Waals surface area contributed by atoms with Crippen molar-refractivity contribution in [2.75, 3.05) is 12.4 Å². The highest BCUT2D eigenvalue weighted by Gasteiger charge is 2.11. The Morgan fingerprint density at radius 2 is 2.05 bits per heavy atom. The van der Waals surface area contributed by atoms with E-state index in [1.54, 1.807) is 20.1 Å². The van der Waals surface area contributed by atoms with Crippen molar-refractivity contribution in [3.8, 4) is 17.0 Å². The zero-order chi connectivity index (χ0) is 14.5. The van der Waals surface area contributed by atoms with Gasteiger partial charge >= 0.3 is 0 Å². The zero-order valence-corrected chi connectivity index (χ0v) is 12.5. The zero-order valence-electron chi connectivity index (χ0n) is 11.6. The molecule has 1 amide bonds. The standard InChI is InChI=1S/C15H16N2O2S/c1-4-5-13(18)16-15-17-14(10(2)20-15)11-6-8-12(19-3)9-7-11/h4-9H,1-3H3,(H,16,17,18)/b5-4+. The van der Waals surface area contributed by atoms with E-state index in [9.17, 15) is 4.79 Å². The fourth-order valence-electron chi connectivity index (χ4n) is 1.77. The molecule has 0 saturated carbocycles. The molecule has 0 bridgehead atoms. The molecule has 104 valence electrons.